The van der Waals surface area contributed by atoms with Gasteiger partial charge in [-0.1, -0.05) is 42.5 Å². The minimum atomic E-state index is -0.963. The first kappa shape index (κ1) is 20.3. The molecule has 28 heavy (non-hydrogen) atoms. The van der Waals surface area contributed by atoms with Gasteiger partial charge in [-0.25, -0.2) is 9.59 Å². The van der Waals surface area contributed by atoms with Gasteiger partial charge < -0.3 is 0 Å². The molecule has 7 nitrogen and oxygen atoms in total. The van der Waals surface area contributed by atoms with Crippen LogP contribution in [0.5, 0.6) is 0 Å². The third-order valence-electron chi connectivity index (χ3n) is 3.82. The summed E-state index contributed by atoms with van der Waals surface area (Å²) >= 11 is 0. The van der Waals surface area contributed by atoms with Crippen molar-refractivity contribution in [1.82, 2.24) is 0 Å². The number of rotatable bonds is 4. The highest BCUT2D eigenvalue weighted by molar-refractivity contribution is 5.86. The number of fused-ring (bicyclic) bond motifs is 1. The van der Waals surface area contributed by atoms with Gasteiger partial charge in [0.1, 0.15) is 0 Å². The van der Waals surface area contributed by atoms with E-state index in [1.807, 2.05) is 37.3 Å². The Hall–Kier alpha value is -3.99. The van der Waals surface area contributed by atoms with Crippen molar-refractivity contribution >= 4 is 34.3 Å². The molecule has 3 aromatic carbocycles. The monoisotopic (exact) mass is 379 g/mol. The lowest BCUT2D eigenvalue weighted by Crippen LogP contribution is -1.91. The minimum Gasteiger partial charge on any atom is -0.258 e. The van der Waals surface area contributed by atoms with E-state index in [-0.39, 0.29) is 11.7 Å². The maximum atomic E-state index is 12.7. The summed E-state index contributed by atoms with van der Waals surface area (Å²) in [5, 5.41) is 12.5. The average molecular weight is 379 g/mol. The predicted octanol–water partition coefficient (Wildman–Crippen LogP) is 4.94. The van der Waals surface area contributed by atoms with Crippen LogP contribution < -0.4 is 0 Å². The van der Waals surface area contributed by atoms with Crippen molar-refractivity contribution in [2.24, 2.45) is 9.98 Å². The molecule has 3 aromatic rings. The maximum Gasteiger partial charge on any atom is 0.306 e. The van der Waals surface area contributed by atoms with Crippen molar-refractivity contribution in [2.45, 2.75) is 13.0 Å². The number of nitrogens with zero attached hydrogens (tertiary/aromatic N) is 3. The Balaban J connectivity index is 0.000000203. The number of nitro benzene ring substituents is 1. The second kappa shape index (κ2) is 9.64. The van der Waals surface area contributed by atoms with Gasteiger partial charge in [0.25, 0.3) is 0 Å². The highest BCUT2D eigenvalue weighted by atomic mass is 19.1. The normalized spacial score (nSPS) is 10.6. The molecule has 1 atom stereocenters. The number of isocyanates is 2. The Labute approximate surface area is 159 Å². The quantitative estimate of drug-likeness (QED) is 0.277. The van der Waals surface area contributed by atoms with Crippen molar-refractivity contribution in [2.75, 3.05) is 0 Å². The van der Waals surface area contributed by atoms with Gasteiger partial charge in [-0.15, -0.1) is 0 Å². The molecule has 0 N–H and O–H groups in total. The van der Waals surface area contributed by atoms with Crippen LogP contribution in [-0.4, -0.2) is 17.1 Å². The summed E-state index contributed by atoms with van der Waals surface area (Å²) in [5.74, 6) is -0.963. The van der Waals surface area contributed by atoms with Gasteiger partial charge in [0.15, 0.2) is 0 Å². The molecule has 140 valence electrons. The molecule has 0 saturated carbocycles. The summed E-state index contributed by atoms with van der Waals surface area (Å²) in [6, 6.07) is 16.9. The fourth-order valence-electron chi connectivity index (χ4n) is 2.53. The summed E-state index contributed by atoms with van der Waals surface area (Å²) in [6.45, 7) is 1.90. The number of carbonyl (C=O) groups excluding carboxylic acids is 2. The van der Waals surface area contributed by atoms with Crippen LogP contribution in [0.25, 0.3) is 10.8 Å². The Kier molecular flexibility index (Phi) is 6.99. The van der Waals surface area contributed by atoms with Gasteiger partial charge in [0.05, 0.1) is 16.7 Å². The molecule has 0 radical (unpaired) electrons. The van der Waals surface area contributed by atoms with E-state index < -0.39 is 16.4 Å². The Morgan fingerprint density at radius 2 is 1.75 bits per heavy atom. The molecular formula is C20H14FN3O4. The fourth-order valence-corrected chi connectivity index (χ4v) is 2.53. The lowest BCUT2D eigenvalue weighted by Gasteiger charge is -2.08. The Bertz CT molecular complexity index is 1100. The first-order chi connectivity index (χ1) is 13.5. The number of hydrogen-bond acceptors (Lipinski definition) is 6. The van der Waals surface area contributed by atoms with E-state index >= 15 is 0 Å². The topological polar surface area (TPSA) is 102 Å². The smallest absolute Gasteiger partial charge is 0.258 e. The van der Waals surface area contributed by atoms with Gasteiger partial charge >= 0.3 is 5.69 Å². The SMILES string of the molecule is C[C@@H](N=C=O)c1cccc2ccccc12.O=C=Nc1ccc(F)c([N+](=O)[O-])c1. The third kappa shape index (κ3) is 5.02. The molecule has 0 bridgehead atoms. The van der Waals surface area contributed by atoms with Crippen LogP contribution in [0.4, 0.5) is 15.8 Å². The highest BCUT2D eigenvalue weighted by Gasteiger charge is 2.13. The van der Waals surface area contributed by atoms with Gasteiger partial charge in [-0.05, 0) is 35.4 Å². The summed E-state index contributed by atoms with van der Waals surface area (Å²) in [5.41, 5.74) is 0.357. The zero-order valence-corrected chi connectivity index (χ0v) is 14.7. The zero-order chi connectivity index (χ0) is 20.5. The lowest BCUT2D eigenvalue weighted by atomic mass is 10.0. The van der Waals surface area contributed by atoms with E-state index in [0.29, 0.717) is 0 Å². The molecule has 0 amide bonds. The highest BCUT2D eigenvalue weighted by Crippen LogP contribution is 2.26. The summed E-state index contributed by atoms with van der Waals surface area (Å²) in [4.78, 5) is 36.2. The summed E-state index contributed by atoms with van der Waals surface area (Å²) in [7, 11) is 0. The predicted molar refractivity (Wildman–Crippen MR) is 101 cm³/mol. The second-order valence-electron chi connectivity index (χ2n) is 5.56. The zero-order valence-electron chi connectivity index (χ0n) is 14.7. The third-order valence-corrected chi connectivity index (χ3v) is 3.82. The van der Waals surface area contributed by atoms with Crippen molar-refractivity contribution in [1.29, 1.82) is 0 Å². The van der Waals surface area contributed by atoms with Gasteiger partial charge in [0.2, 0.25) is 18.0 Å². The van der Waals surface area contributed by atoms with Crippen molar-refractivity contribution in [3.8, 4) is 0 Å². The van der Waals surface area contributed by atoms with Gasteiger partial charge in [0, 0.05) is 6.07 Å². The number of benzene rings is 3. The van der Waals surface area contributed by atoms with E-state index in [2.05, 4.69) is 22.1 Å². The molecule has 8 heteroatoms. The van der Waals surface area contributed by atoms with E-state index in [1.165, 1.54) is 11.5 Å². The largest absolute Gasteiger partial charge is 0.306 e. The Morgan fingerprint density at radius 1 is 1.04 bits per heavy atom. The van der Waals surface area contributed by atoms with Gasteiger partial charge in [-0.3, -0.25) is 10.1 Å². The Morgan fingerprint density at radius 3 is 2.43 bits per heavy atom. The van der Waals surface area contributed by atoms with Crippen molar-refractivity contribution < 1.29 is 18.9 Å². The van der Waals surface area contributed by atoms with Crippen LogP contribution in [-0.2, 0) is 9.59 Å². The van der Waals surface area contributed by atoms with Crippen molar-refractivity contribution in [3.63, 3.8) is 0 Å². The average Bonchev–Trinajstić information content (AvgIpc) is 2.69. The number of nitro groups is 1. The van der Waals surface area contributed by atoms with Crippen LogP contribution in [0.1, 0.15) is 18.5 Å². The molecule has 0 saturated heterocycles. The number of halogens is 1. The molecule has 0 aliphatic rings. The summed E-state index contributed by atoms with van der Waals surface area (Å²) in [6.07, 6.45) is 2.81. The van der Waals surface area contributed by atoms with E-state index in [0.717, 1.165) is 29.1 Å². The molecule has 0 aliphatic carbocycles. The maximum absolute atomic E-state index is 12.7. The van der Waals surface area contributed by atoms with Crippen LogP contribution in [0, 0.1) is 15.9 Å². The minimum absolute atomic E-state index is 0.00287. The molecule has 3 rings (SSSR count). The molecule has 0 unspecified atom stereocenters. The van der Waals surface area contributed by atoms with Gasteiger partial charge in [-0.2, -0.15) is 14.4 Å². The van der Waals surface area contributed by atoms with Crippen LogP contribution in [0.15, 0.2) is 70.6 Å². The number of aliphatic imine (C=N–C) groups is 2. The lowest BCUT2D eigenvalue weighted by molar-refractivity contribution is -0.387. The first-order valence-corrected chi connectivity index (χ1v) is 8.04. The second-order valence-corrected chi connectivity index (χ2v) is 5.56. The van der Waals surface area contributed by atoms with E-state index in [1.54, 1.807) is 6.08 Å². The van der Waals surface area contributed by atoms with Crippen LogP contribution in [0.2, 0.25) is 0 Å². The molecule has 0 heterocycles. The molecule has 0 spiro atoms. The fraction of sp³-hybridized carbons (Fsp3) is 0.100. The van der Waals surface area contributed by atoms with E-state index in [4.69, 9.17) is 0 Å². The number of hydrogen-bond donors (Lipinski definition) is 0. The van der Waals surface area contributed by atoms with E-state index in [9.17, 15) is 24.1 Å². The van der Waals surface area contributed by atoms with Crippen LogP contribution in [0.3, 0.4) is 0 Å². The molecular weight excluding hydrogens is 365 g/mol. The van der Waals surface area contributed by atoms with Crippen molar-refractivity contribution in [3.05, 3.63) is 82.2 Å². The van der Waals surface area contributed by atoms with Crippen LogP contribution >= 0.6 is 0 Å². The standard InChI is InChI=1S/C13H11NO.C7H3FN2O3/c1-10(14-9-15)12-8-4-6-11-5-2-3-7-13(11)12;8-6-2-1-5(9-4-11)3-7(6)10(12)13/h2-8,10H,1H3;1-3H/t10-;/m1./s1. The molecule has 0 aromatic heterocycles. The molecule has 0 fully saturated rings. The first-order valence-electron chi connectivity index (χ1n) is 8.04. The molecule has 0 aliphatic heterocycles. The summed E-state index contributed by atoms with van der Waals surface area (Å²) < 4.78 is 12.7.